The van der Waals surface area contributed by atoms with E-state index in [9.17, 15) is 4.79 Å². The molecule has 1 N–H and O–H groups in total. The van der Waals surface area contributed by atoms with Gasteiger partial charge in [0.2, 0.25) is 0 Å². The topological polar surface area (TPSA) is 49.8 Å². The summed E-state index contributed by atoms with van der Waals surface area (Å²) in [5.74, 6) is 0.508. The highest BCUT2D eigenvalue weighted by Crippen LogP contribution is 2.26. The third kappa shape index (κ3) is 3.01. The van der Waals surface area contributed by atoms with Crippen molar-refractivity contribution in [1.29, 1.82) is 0 Å². The van der Waals surface area contributed by atoms with Crippen molar-refractivity contribution in [3.05, 3.63) is 29.3 Å². The lowest BCUT2D eigenvalue weighted by Gasteiger charge is -2.38. The van der Waals surface area contributed by atoms with Gasteiger partial charge >= 0.3 is 5.97 Å². The molecule has 4 heteroatoms. The van der Waals surface area contributed by atoms with E-state index in [1.54, 1.807) is 7.11 Å². The predicted octanol–water partition coefficient (Wildman–Crippen LogP) is 1.91. The van der Waals surface area contributed by atoms with Crippen LogP contribution in [-0.2, 0) is 11.3 Å². The van der Waals surface area contributed by atoms with Crippen molar-refractivity contribution in [2.45, 2.75) is 19.9 Å². The minimum atomic E-state index is -0.701. The molecule has 0 aliphatic carbocycles. The maximum Gasteiger partial charge on any atom is 0.303 e. The molecule has 1 aliphatic heterocycles. The Morgan fingerprint density at radius 1 is 1.50 bits per heavy atom. The minimum absolute atomic E-state index is 0.279. The maximum absolute atomic E-state index is 10.6. The van der Waals surface area contributed by atoms with Crippen molar-refractivity contribution in [2.24, 2.45) is 5.92 Å². The smallest absolute Gasteiger partial charge is 0.303 e. The van der Waals surface area contributed by atoms with Gasteiger partial charge in [-0.3, -0.25) is 9.69 Å². The third-order valence-corrected chi connectivity index (χ3v) is 3.33. The Morgan fingerprint density at radius 2 is 2.22 bits per heavy atom. The van der Waals surface area contributed by atoms with Gasteiger partial charge in [-0.25, -0.2) is 0 Å². The molecule has 1 saturated heterocycles. The van der Waals surface area contributed by atoms with E-state index >= 15 is 0 Å². The number of likely N-dealkylation sites (tertiary alicyclic amines) is 1. The highest BCUT2D eigenvalue weighted by molar-refractivity contribution is 5.67. The lowest BCUT2D eigenvalue weighted by atomic mass is 9.95. The van der Waals surface area contributed by atoms with Gasteiger partial charge in [-0.1, -0.05) is 17.7 Å². The molecule has 0 bridgehead atoms. The van der Waals surface area contributed by atoms with Crippen molar-refractivity contribution in [2.75, 3.05) is 20.2 Å². The second kappa shape index (κ2) is 5.40. The van der Waals surface area contributed by atoms with Gasteiger partial charge in [-0.2, -0.15) is 0 Å². The molecule has 1 fully saturated rings. The van der Waals surface area contributed by atoms with Gasteiger partial charge < -0.3 is 9.84 Å². The van der Waals surface area contributed by atoms with Crippen LogP contribution < -0.4 is 4.74 Å². The number of methoxy groups -OCH3 is 1. The fourth-order valence-electron chi connectivity index (χ4n) is 2.45. The van der Waals surface area contributed by atoms with E-state index < -0.39 is 5.97 Å². The van der Waals surface area contributed by atoms with E-state index in [0.29, 0.717) is 5.92 Å². The molecular formula is C14H19NO3. The second-order valence-electron chi connectivity index (χ2n) is 4.97. The zero-order chi connectivity index (χ0) is 13.1. The summed E-state index contributed by atoms with van der Waals surface area (Å²) in [5, 5.41) is 8.70. The first-order chi connectivity index (χ1) is 8.58. The van der Waals surface area contributed by atoms with E-state index in [2.05, 4.69) is 17.9 Å². The Labute approximate surface area is 107 Å². The highest BCUT2D eigenvalue weighted by Gasteiger charge is 2.28. The number of nitrogens with zero attached hydrogens (tertiary/aromatic N) is 1. The summed E-state index contributed by atoms with van der Waals surface area (Å²) in [7, 11) is 1.68. The zero-order valence-electron chi connectivity index (χ0n) is 10.8. The van der Waals surface area contributed by atoms with Crippen molar-refractivity contribution in [3.63, 3.8) is 0 Å². The normalized spacial score (nSPS) is 16.3. The number of hydrogen-bond donors (Lipinski definition) is 1. The fourth-order valence-corrected chi connectivity index (χ4v) is 2.45. The van der Waals surface area contributed by atoms with Gasteiger partial charge in [0, 0.05) is 25.2 Å². The maximum atomic E-state index is 10.6. The van der Waals surface area contributed by atoms with Crippen molar-refractivity contribution >= 4 is 5.97 Å². The Morgan fingerprint density at radius 3 is 2.83 bits per heavy atom. The molecule has 0 spiro atoms. The van der Waals surface area contributed by atoms with Crippen LogP contribution in [0.2, 0.25) is 0 Å². The summed E-state index contributed by atoms with van der Waals surface area (Å²) in [5.41, 5.74) is 2.39. The number of carbonyl (C=O) groups is 1. The van der Waals surface area contributed by atoms with Gasteiger partial charge in [-0.05, 0) is 18.9 Å². The van der Waals surface area contributed by atoms with Gasteiger partial charge in [0.25, 0.3) is 0 Å². The number of aryl methyl sites for hydroxylation is 1. The summed E-state index contributed by atoms with van der Waals surface area (Å²) in [4.78, 5) is 12.8. The van der Waals surface area contributed by atoms with Crippen molar-refractivity contribution in [1.82, 2.24) is 4.90 Å². The van der Waals surface area contributed by atoms with Crippen LogP contribution >= 0.6 is 0 Å². The third-order valence-electron chi connectivity index (χ3n) is 3.33. The standard InChI is InChI=1S/C14H19NO3/c1-10-3-4-13(18-2)12(5-10)9-15-7-11(8-15)6-14(16)17/h3-5,11H,6-9H2,1-2H3,(H,16,17). The van der Waals surface area contributed by atoms with Crippen LogP contribution in [0.25, 0.3) is 0 Å². The van der Waals surface area contributed by atoms with Crippen LogP contribution in [-0.4, -0.2) is 36.2 Å². The van der Waals surface area contributed by atoms with Crippen molar-refractivity contribution < 1.29 is 14.6 Å². The number of carboxylic acids is 1. The molecule has 4 nitrogen and oxygen atoms in total. The summed E-state index contributed by atoms with van der Waals surface area (Å²) < 4.78 is 5.34. The van der Waals surface area contributed by atoms with Crippen LogP contribution in [0.5, 0.6) is 5.75 Å². The molecule has 0 atom stereocenters. The zero-order valence-corrected chi connectivity index (χ0v) is 10.8. The quantitative estimate of drug-likeness (QED) is 0.866. The second-order valence-corrected chi connectivity index (χ2v) is 4.97. The lowest BCUT2D eigenvalue weighted by molar-refractivity contribution is -0.139. The fraction of sp³-hybridized carbons (Fsp3) is 0.500. The highest BCUT2D eigenvalue weighted by atomic mass is 16.5. The van der Waals surface area contributed by atoms with E-state index in [1.165, 1.54) is 11.1 Å². The molecule has 0 aromatic heterocycles. The van der Waals surface area contributed by atoms with Gasteiger partial charge in [0.05, 0.1) is 13.5 Å². The van der Waals surface area contributed by atoms with Gasteiger partial charge in [-0.15, -0.1) is 0 Å². The molecule has 1 heterocycles. The summed E-state index contributed by atoms with van der Waals surface area (Å²) >= 11 is 0. The lowest BCUT2D eigenvalue weighted by Crippen LogP contribution is -2.46. The number of aliphatic carboxylic acids is 1. The Balaban J connectivity index is 1.91. The Hall–Kier alpha value is -1.55. The molecule has 0 amide bonds. The van der Waals surface area contributed by atoms with Crippen LogP contribution in [0.3, 0.4) is 0 Å². The SMILES string of the molecule is COc1ccc(C)cc1CN1CC(CC(=O)O)C1. The van der Waals surface area contributed by atoms with Crippen LogP contribution in [0, 0.1) is 12.8 Å². The Kier molecular flexibility index (Phi) is 3.87. The summed E-state index contributed by atoms with van der Waals surface area (Å²) in [6.07, 6.45) is 0.279. The molecule has 1 aliphatic rings. The number of carboxylic acid groups (broad SMARTS) is 1. The van der Waals surface area contributed by atoms with E-state index in [-0.39, 0.29) is 6.42 Å². The van der Waals surface area contributed by atoms with Crippen molar-refractivity contribution in [3.8, 4) is 5.75 Å². The Bertz CT molecular complexity index is 439. The first kappa shape index (κ1) is 12.9. The first-order valence-electron chi connectivity index (χ1n) is 6.16. The molecule has 98 valence electrons. The molecule has 2 rings (SSSR count). The molecule has 1 aromatic rings. The average Bonchev–Trinajstić information content (AvgIpc) is 2.26. The molecular weight excluding hydrogens is 230 g/mol. The number of hydrogen-bond acceptors (Lipinski definition) is 3. The number of ether oxygens (including phenoxy) is 1. The van der Waals surface area contributed by atoms with Gasteiger partial charge in [0.15, 0.2) is 0 Å². The van der Waals surface area contributed by atoms with Crippen LogP contribution in [0.1, 0.15) is 17.5 Å². The molecule has 0 unspecified atom stereocenters. The van der Waals surface area contributed by atoms with Gasteiger partial charge in [0.1, 0.15) is 5.75 Å². The van der Waals surface area contributed by atoms with E-state index in [4.69, 9.17) is 9.84 Å². The molecule has 0 radical (unpaired) electrons. The van der Waals surface area contributed by atoms with Crippen LogP contribution in [0.15, 0.2) is 18.2 Å². The summed E-state index contributed by atoms with van der Waals surface area (Å²) in [6.45, 7) is 4.63. The average molecular weight is 249 g/mol. The monoisotopic (exact) mass is 249 g/mol. The molecule has 0 saturated carbocycles. The molecule has 18 heavy (non-hydrogen) atoms. The van der Waals surface area contributed by atoms with Crippen LogP contribution in [0.4, 0.5) is 0 Å². The number of benzene rings is 1. The number of rotatable bonds is 5. The first-order valence-corrected chi connectivity index (χ1v) is 6.16. The van der Waals surface area contributed by atoms with E-state index in [0.717, 1.165) is 25.4 Å². The largest absolute Gasteiger partial charge is 0.496 e. The molecule has 1 aromatic carbocycles. The minimum Gasteiger partial charge on any atom is -0.496 e. The predicted molar refractivity (Wildman–Crippen MR) is 68.8 cm³/mol. The summed E-state index contributed by atoms with van der Waals surface area (Å²) in [6, 6.07) is 6.15. The van der Waals surface area contributed by atoms with E-state index in [1.807, 2.05) is 12.1 Å².